The van der Waals surface area contributed by atoms with E-state index in [9.17, 15) is 4.79 Å². The van der Waals surface area contributed by atoms with E-state index in [1.54, 1.807) is 0 Å². The van der Waals surface area contributed by atoms with E-state index in [1.165, 1.54) is 12.8 Å². The van der Waals surface area contributed by atoms with Crippen LogP contribution in [-0.4, -0.2) is 17.1 Å². The Morgan fingerprint density at radius 1 is 1.10 bits per heavy atom. The lowest BCUT2D eigenvalue weighted by Crippen LogP contribution is -2.46. The molecule has 0 unspecified atom stereocenters. The molecule has 1 amide bonds. The number of nitrogens with one attached hydrogen (secondary N) is 3. The topological polar surface area (TPSA) is 62.4 Å². The first-order valence-electron chi connectivity index (χ1n) is 10.4. The quantitative estimate of drug-likeness (QED) is 0.608. The van der Waals surface area contributed by atoms with Crippen molar-refractivity contribution >= 4 is 28.9 Å². The largest absolute Gasteiger partial charge is 0.490 e. The number of hydrogen-bond acceptors (Lipinski definition) is 3. The third-order valence-corrected chi connectivity index (χ3v) is 5.84. The van der Waals surface area contributed by atoms with E-state index in [0.29, 0.717) is 10.7 Å². The molecule has 4 rings (SSSR count). The van der Waals surface area contributed by atoms with Crippen LogP contribution in [0.3, 0.4) is 0 Å². The van der Waals surface area contributed by atoms with E-state index in [1.807, 2.05) is 62.4 Å². The van der Waals surface area contributed by atoms with Crippen LogP contribution in [0.15, 0.2) is 59.8 Å². The van der Waals surface area contributed by atoms with E-state index >= 15 is 0 Å². The fourth-order valence-electron chi connectivity index (χ4n) is 4.16. The first-order valence-corrected chi connectivity index (χ1v) is 10.8. The van der Waals surface area contributed by atoms with E-state index in [2.05, 4.69) is 16.0 Å². The second-order valence-electron chi connectivity index (χ2n) is 7.96. The monoisotopic (exact) mass is 421 g/mol. The molecule has 0 aromatic heterocycles. The van der Waals surface area contributed by atoms with E-state index < -0.39 is 0 Å². The highest BCUT2D eigenvalue weighted by atomic mass is 32.1. The van der Waals surface area contributed by atoms with Crippen LogP contribution in [0.2, 0.25) is 0 Å². The molecule has 1 heterocycles. The average molecular weight is 422 g/mol. The van der Waals surface area contributed by atoms with E-state index in [0.717, 1.165) is 41.1 Å². The van der Waals surface area contributed by atoms with Gasteiger partial charge in [0.25, 0.3) is 5.91 Å². The molecule has 5 nitrogen and oxygen atoms in total. The highest BCUT2D eigenvalue weighted by Crippen LogP contribution is 2.35. The number of hydrogen-bond donors (Lipinski definition) is 3. The standard InChI is InChI=1S/C24H27N3O2S/c1-15-8-7-9-17(14-15)26-23(28)21-16(2)25-24(30)27-22(21)19-12-5-6-13-20(19)29-18-10-3-4-11-18/h5-9,12-14,18,22H,3-4,10-11H2,1-2H3,(H,26,28)(H2,25,27,30)/t22-/m1/s1. The van der Waals surface area contributed by atoms with E-state index in [4.69, 9.17) is 17.0 Å². The lowest BCUT2D eigenvalue weighted by molar-refractivity contribution is -0.113. The molecule has 6 heteroatoms. The van der Waals surface area contributed by atoms with Crippen molar-refractivity contribution in [1.82, 2.24) is 10.6 Å². The number of aryl methyl sites for hydroxylation is 1. The second kappa shape index (κ2) is 8.88. The number of amides is 1. The minimum absolute atomic E-state index is 0.165. The zero-order valence-electron chi connectivity index (χ0n) is 17.3. The lowest BCUT2D eigenvalue weighted by atomic mass is 9.94. The van der Waals surface area contributed by atoms with Gasteiger partial charge in [-0.1, -0.05) is 30.3 Å². The average Bonchev–Trinajstić information content (AvgIpc) is 3.21. The van der Waals surface area contributed by atoms with Gasteiger partial charge in [0.15, 0.2) is 5.11 Å². The second-order valence-corrected chi connectivity index (χ2v) is 8.36. The first-order chi connectivity index (χ1) is 14.5. The molecule has 0 spiro atoms. The molecule has 1 aliphatic heterocycles. The number of ether oxygens (including phenoxy) is 1. The van der Waals surface area contributed by atoms with Gasteiger partial charge in [0.1, 0.15) is 5.75 Å². The Kier molecular flexibility index (Phi) is 6.04. The van der Waals surface area contributed by atoms with Crippen molar-refractivity contribution in [2.24, 2.45) is 0 Å². The number of anilines is 1. The molecule has 1 atom stereocenters. The summed E-state index contributed by atoms with van der Waals surface area (Å²) < 4.78 is 6.33. The number of thiocarbonyl (C=S) groups is 1. The third-order valence-electron chi connectivity index (χ3n) is 5.62. The van der Waals surface area contributed by atoms with Crippen LogP contribution in [0.5, 0.6) is 5.75 Å². The van der Waals surface area contributed by atoms with Crippen LogP contribution in [-0.2, 0) is 4.79 Å². The molecule has 30 heavy (non-hydrogen) atoms. The Labute approximate surface area is 182 Å². The molecular formula is C24H27N3O2S. The Bertz CT molecular complexity index is 995. The summed E-state index contributed by atoms with van der Waals surface area (Å²) in [5.41, 5.74) is 4.12. The molecule has 0 saturated heterocycles. The molecule has 1 saturated carbocycles. The van der Waals surface area contributed by atoms with Crippen molar-refractivity contribution < 1.29 is 9.53 Å². The van der Waals surface area contributed by atoms with Crippen molar-refractivity contribution in [3.8, 4) is 5.75 Å². The van der Waals surface area contributed by atoms with Crippen molar-refractivity contribution in [2.75, 3.05) is 5.32 Å². The molecule has 2 aromatic carbocycles. The summed E-state index contributed by atoms with van der Waals surface area (Å²) in [7, 11) is 0. The fraction of sp³-hybridized carbons (Fsp3) is 0.333. The summed E-state index contributed by atoms with van der Waals surface area (Å²) in [5.74, 6) is 0.640. The summed E-state index contributed by atoms with van der Waals surface area (Å²) in [6.45, 7) is 3.88. The molecule has 156 valence electrons. The highest BCUT2D eigenvalue weighted by Gasteiger charge is 2.32. The fourth-order valence-corrected chi connectivity index (χ4v) is 4.43. The minimum Gasteiger partial charge on any atom is -0.490 e. The zero-order chi connectivity index (χ0) is 21.1. The van der Waals surface area contributed by atoms with Gasteiger partial charge in [0.05, 0.1) is 17.7 Å². The van der Waals surface area contributed by atoms with Gasteiger partial charge in [-0.3, -0.25) is 4.79 Å². The molecule has 0 bridgehead atoms. The number of rotatable bonds is 5. The maximum Gasteiger partial charge on any atom is 0.255 e. The predicted molar refractivity (Wildman–Crippen MR) is 123 cm³/mol. The summed E-state index contributed by atoms with van der Waals surface area (Å²) in [4.78, 5) is 13.3. The Morgan fingerprint density at radius 3 is 2.63 bits per heavy atom. The summed E-state index contributed by atoms with van der Waals surface area (Å²) in [6.07, 6.45) is 4.77. The van der Waals surface area contributed by atoms with Gasteiger partial charge in [0.2, 0.25) is 0 Å². The van der Waals surface area contributed by atoms with Gasteiger partial charge in [0, 0.05) is 16.9 Å². The van der Waals surface area contributed by atoms with Crippen LogP contribution >= 0.6 is 12.2 Å². The van der Waals surface area contributed by atoms with Crippen LogP contribution in [0, 0.1) is 6.92 Å². The number of allylic oxidation sites excluding steroid dienone is 1. The summed E-state index contributed by atoms with van der Waals surface area (Å²) in [5, 5.41) is 9.91. The van der Waals surface area contributed by atoms with Gasteiger partial charge in [-0.2, -0.15) is 0 Å². The molecule has 1 aliphatic carbocycles. The first kappa shape index (κ1) is 20.4. The summed E-state index contributed by atoms with van der Waals surface area (Å²) >= 11 is 5.40. The molecule has 1 fully saturated rings. The minimum atomic E-state index is -0.388. The predicted octanol–water partition coefficient (Wildman–Crippen LogP) is 4.75. The van der Waals surface area contributed by atoms with Gasteiger partial charge < -0.3 is 20.7 Å². The number of para-hydroxylation sites is 1. The molecule has 2 aliphatic rings. The maximum absolute atomic E-state index is 13.3. The number of carbonyl (C=O) groups excluding carboxylic acids is 1. The van der Waals surface area contributed by atoms with Crippen LogP contribution in [0.25, 0.3) is 0 Å². The molecule has 0 radical (unpaired) electrons. The van der Waals surface area contributed by atoms with Gasteiger partial charge >= 0.3 is 0 Å². The normalized spacial score (nSPS) is 19.3. The van der Waals surface area contributed by atoms with Crippen LogP contribution in [0.4, 0.5) is 5.69 Å². The van der Waals surface area contributed by atoms with Gasteiger partial charge in [-0.15, -0.1) is 0 Å². The number of carbonyl (C=O) groups is 1. The lowest BCUT2D eigenvalue weighted by Gasteiger charge is -2.31. The zero-order valence-corrected chi connectivity index (χ0v) is 18.1. The van der Waals surface area contributed by atoms with Crippen molar-refractivity contribution in [3.05, 3.63) is 70.9 Å². The van der Waals surface area contributed by atoms with E-state index in [-0.39, 0.29) is 18.1 Å². The van der Waals surface area contributed by atoms with Gasteiger partial charge in [-0.05, 0) is 75.5 Å². The SMILES string of the molecule is CC1=C(C(=O)Nc2cccc(C)c2)[C@@H](c2ccccc2OC2CCCC2)NC(=S)N1. The smallest absolute Gasteiger partial charge is 0.255 e. The Balaban J connectivity index is 1.66. The van der Waals surface area contributed by atoms with Crippen molar-refractivity contribution in [2.45, 2.75) is 51.7 Å². The van der Waals surface area contributed by atoms with Crippen molar-refractivity contribution in [1.29, 1.82) is 0 Å². The van der Waals surface area contributed by atoms with Gasteiger partial charge in [-0.25, -0.2) is 0 Å². The van der Waals surface area contributed by atoms with Crippen LogP contribution < -0.4 is 20.7 Å². The third kappa shape index (κ3) is 4.49. The molecule has 2 aromatic rings. The molecule has 3 N–H and O–H groups in total. The molecular weight excluding hydrogens is 394 g/mol. The van der Waals surface area contributed by atoms with Crippen LogP contribution in [0.1, 0.15) is 49.8 Å². The Hall–Kier alpha value is -2.86. The van der Waals surface area contributed by atoms with Crippen molar-refractivity contribution in [3.63, 3.8) is 0 Å². The summed E-state index contributed by atoms with van der Waals surface area (Å²) in [6, 6.07) is 15.3. The Morgan fingerprint density at radius 2 is 1.87 bits per heavy atom. The highest BCUT2D eigenvalue weighted by molar-refractivity contribution is 7.80. The maximum atomic E-state index is 13.3. The number of benzene rings is 2.